The molecule has 0 amide bonds. The fourth-order valence-corrected chi connectivity index (χ4v) is 3.94. The molecular weight excluding hydrogens is 437 g/mol. The molecule has 2 aromatic heterocycles. The van der Waals surface area contributed by atoms with E-state index in [-0.39, 0.29) is 0 Å². The predicted octanol–water partition coefficient (Wildman–Crippen LogP) is 6.53. The Bertz CT molecular complexity index is 1260. The Balaban J connectivity index is 1.75. The average Bonchev–Trinajstić information content (AvgIpc) is 3.01. The highest BCUT2D eigenvalue weighted by atomic mass is 35.5. The SMILES string of the molecule is Cc1nn(Cc2ccc(C(F)(F)F)cc2)c(C)c1-c1ccnc(N)c1-c1ccc(Cl)cc1. The van der Waals surface area contributed by atoms with Gasteiger partial charge in [0.2, 0.25) is 0 Å². The lowest BCUT2D eigenvalue weighted by atomic mass is 9.94. The number of benzene rings is 2. The molecule has 0 fully saturated rings. The molecule has 0 saturated carbocycles. The number of aryl methyl sites for hydroxylation is 1. The van der Waals surface area contributed by atoms with Gasteiger partial charge in [0.15, 0.2) is 0 Å². The van der Waals surface area contributed by atoms with Crippen molar-refractivity contribution in [1.82, 2.24) is 14.8 Å². The second kappa shape index (κ2) is 8.31. The zero-order chi connectivity index (χ0) is 23.0. The number of nitrogens with zero attached hydrogens (tertiary/aromatic N) is 3. The molecule has 2 aromatic carbocycles. The molecule has 4 aromatic rings. The summed E-state index contributed by atoms with van der Waals surface area (Å²) < 4.78 is 40.3. The Morgan fingerprint density at radius 3 is 2.22 bits per heavy atom. The van der Waals surface area contributed by atoms with Gasteiger partial charge in [-0.3, -0.25) is 4.68 Å². The van der Waals surface area contributed by atoms with Crippen LogP contribution in [0.1, 0.15) is 22.5 Å². The van der Waals surface area contributed by atoms with Crippen molar-refractivity contribution in [2.45, 2.75) is 26.6 Å². The van der Waals surface area contributed by atoms with Crippen molar-refractivity contribution in [3.05, 3.63) is 88.3 Å². The predicted molar refractivity (Wildman–Crippen MR) is 120 cm³/mol. The van der Waals surface area contributed by atoms with Gasteiger partial charge in [0, 0.05) is 28.0 Å². The molecule has 0 atom stereocenters. The zero-order valence-corrected chi connectivity index (χ0v) is 18.2. The Labute approximate surface area is 188 Å². The van der Waals surface area contributed by atoms with Gasteiger partial charge < -0.3 is 5.73 Å². The summed E-state index contributed by atoms with van der Waals surface area (Å²) in [6.45, 7) is 4.18. The Hall–Kier alpha value is -3.32. The molecular formula is C24H20ClF3N4. The number of alkyl halides is 3. The Kier molecular flexibility index (Phi) is 5.69. The highest BCUT2D eigenvalue weighted by Gasteiger charge is 2.30. The van der Waals surface area contributed by atoms with Gasteiger partial charge in [-0.1, -0.05) is 35.9 Å². The lowest BCUT2D eigenvalue weighted by molar-refractivity contribution is -0.137. The minimum absolute atomic E-state index is 0.349. The van der Waals surface area contributed by atoms with Crippen molar-refractivity contribution in [3.8, 4) is 22.3 Å². The number of anilines is 1. The molecule has 0 saturated heterocycles. The summed E-state index contributed by atoms with van der Waals surface area (Å²) in [5.74, 6) is 0.388. The van der Waals surface area contributed by atoms with Crippen LogP contribution in [0.3, 0.4) is 0 Å². The lowest BCUT2D eigenvalue weighted by Crippen LogP contribution is -2.07. The van der Waals surface area contributed by atoms with Crippen LogP contribution in [0.25, 0.3) is 22.3 Å². The van der Waals surface area contributed by atoms with Crippen LogP contribution in [0.5, 0.6) is 0 Å². The molecule has 0 aliphatic heterocycles. The third-order valence-corrected chi connectivity index (χ3v) is 5.63. The monoisotopic (exact) mass is 456 g/mol. The third kappa shape index (κ3) is 4.21. The van der Waals surface area contributed by atoms with Crippen molar-refractivity contribution in [2.75, 3.05) is 5.73 Å². The highest BCUT2D eigenvalue weighted by Crippen LogP contribution is 2.39. The number of nitrogens with two attached hydrogens (primary N) is 1. The maximum absolute atomic E-state index is 12.8. The largest absolute Gasteiger partial charge is 0.416 e. The Morgan fingerprint density at radius 2 is 1.59 bits per heavy atom. The highest BCUT2D eigenvalue weighted by molar-refractivity contribution is 6.30. The summed E-state index contributed by atoms with van der Waals surface area (Å²) in [6.07, 6.45) is -2.71. The lowest BCUT2D eigenvalue weighted by Gasteiger charge is -2.13. The molecule has 2 N–H and O–H groups in total. The van der Waals surface area contributed by atoms with E-state index in [0.29, 0.717) is 17.4 Å². The van der Waals surface area contributed by atoms with Crippen LogP contribution in [0.4, 0.5) is 19.0 Å². The van der Waals surface area contributed by atoms with Gasteiger partial charge in [0.05, 0.1) is 17.8 Å². The smallest absolute Gasteiger partial charge is 0.383 e. The summed E-state index contributed by atoms with van der Waals surface area (Å²) >= 11 is 6.04. The van der Waals surface area contributed by atoms with Gasteiger partial charge in [-0.25, -0.2) is 4.98 Å². The van der Waals surface area contributed by atoms with Gasteiger partial charge in [0.25, 0.3) is 0 Å². The van der Waals surface area contributed by atoms with E-state index in [9.17, 15) is 13.2 Å². The van der Waals surface area contributed by atoms with Crippen LogP contribution < -0.4 is 5.73 Å². The molecule has 0 aliphatic carbocycles. The standard InChI is InChI=1S/C24H20ClF3N4/c1-14-21(20-11-12-30-23(29)22(20)17-5-9-19(25)10-6-17)15(2)32(31-14)13-16-3-7-18(8-4-16)24(26,27)28/h3-12H,13H2,1-2H3,(H2,29,30). The van der Waals surface area contributed by atoms with Crippen molar-refractivity contribution in [2.24, 2.45) is 0 Å². The fraction of sp³-hybridized carbons (Fsp3) is 0.167. The third-order valence-electron chi connectivity index (χ3n) is 5.38. The number of hydrogen-bond acceptors (Lipinski definition) is 3. The van der Waals surface area contributed by atoms with E-state index in [1.54, 1.807) is 23.0 Å². The molecule has 0 spiro atoms. The molecule has 0 radical (unpaired) electrons. The van der Waals surface area contributed by atoms with Gasteiger partial charge in [-0.2, -0.15) is 18.3 Å². The maximum atomic E-state index is 12.8. The number of hydrogen-bond donors (Lipinski definition) is 1. The molecule has 8 heteroatoms. The summed E-state index contributed by atoms with van der Waals surface area (Å²) in [4.78, 5) is 4.25. The van der Waals surface area contributed by atoms with Gasteiger partial charge in [0.1, 0.15) is 5.82 Å². The molecule has 4 rings (SSSR count). The first kappa shape index (κ1) is 21.9. The number of rotatable bonds is 4. The molecule has 0 unspecified atom stereocenters. The van der Waals surface area contributed by atoms with Gasteiger partial charge >= 0.3 is 6.18 Å². The van der Waals surface area contributed by atoms with Crippen LogP contribution in [0.2, 0.25) is 5.02 Å². The van der Waals surface area contributed by atoms with E-state index in [1.165, 1.54) is 12.1 Å². The normalized spacial score (nSPS) is 11.7. The summed E-state index contributed by atoms with van der Waals surface area (Å²) in [5.41, 5.74) is 11.4. The number of pyridine rings is 1. The van der Waals surface area contributed by atoms with E-state index in [4.69, 9.17) is 17.3 Å². The topological polar surface area (TPSA) is 56.7 Å². The van der Waals surface area contributed by atoms with E-state index in [0.717, 1.165) is 51.3 Å². The second-order valence-electron chi connectivity index (χ2n) is 7.52. The summed E-state index contributed by atoms with van der Waals surface area (Å²) in [6, 6.07) is 14.4. The van der Waals surface area contributed by atoms with Crippen LogP contribution in [-0.4, -0.2) is 14.8 Å². The molecule has 2 heterocycles. The number of nitrogen functional groups attached to an aromatic ring is 1. The van der Waals surface area contributed by atoms with Crippen LogP contribution >= 0.6 is 11.6 Å². The van der Waals surface area contributed by atoms with E-state index < -0.39 is 11.7 Å². The van der Waals surface area contributed by atoms with Crippen LogP contribution in [-0.2, 0) is 12.7 Å². The van der Waals surface area contributed by atoms with Crippen molar-refractivity contribution >= 4 is 17.4 Å². The molecule has 4 nitrogen and oxygen atoms in total. The minimum atomic E-state index is -4.36. The van der Waals surface area contributed by atoms with Crippen molar-refractivity contribution in [1.29, 1.82) is 0 Å². The molecule has 0 bridgehead atoms. The molecule has 32 heavy (non-hydrogen) atoms. The maximum Gasteiger partial charge on any atom is 0.416 e. The van der Waals surface area contributed by atoms with Crippen molar-refractivity contribution in [3.63, 3.8) is 0 Å². The minimum Gasteiger partial charge on any atom is -0.383 e. The number of aromatic nitrogens is 3. The van der Waals surface area contributed by atoms with E-state index in [2.05, 4.69) is 10.1 Å². The first-order chi connectivity index (χ1) is 15.1. The first-order valence-electron chi connectivity index (χ1n) is 9.86. The summed E-state index contributed by atoms with van der Waals surface area (Å²) in [7, 11) is 0. The van der Waals surface area contributed by atoms with Gasteiger partial charge in [-0.05, 0) is 60.9 Å². The van der Waals surface area contributed by atoms with Crippen LogP contribution in [0.15, 0.2) is 60.8 Å². The molecule has 0 aliphatic rings. The van der Waals surface area contributed by atoms with Crippen LogP contribution in [0, 0.1) is 13.8 Å². The molecule has 164 valence electrons. The first-order valence-corrected chi connectivity index (χ1v) is 10.2. The van der Waals surface area contributed by atoms with E-state index in [1.807, 2.05) is 32.0 Å². The van der Waals surface area contributed by atoms with Crippen molar-refractivity contribution < 1.29 is 13.2 Å². The number of halogens is 4. The second-order valence-corrected chi connectivity index (χ2v) is 7.96. The fourth-order valence-electron chi connectivity index (χ4n) is 3.82. The van der Waals surface area contributed by atoms with Gasteiger partial charge in [-0.15, -0.1) is 0 Å². The summed E-state index contributed by atoms with van der Waals surface area (Å²) in [5, 5.41) is 5.26. The Morgan fingerprint density at radius 1 is 0.938 bits per heavy atom. The average molecular weight is 457 g/mol. The quantitative estimate of drug-likeness (QED) is 0.379. The van der Waals surface area contributed by atoms with E-state index >= 15 is 0 Å². The zero-order valence-electron chi connectivity index (χ0n) is 17.4.